The molecule has 2 aliphatic heterocycles. The van der Waals surface area contributed by atoms with Gasteiger partial charge in [-0.25, -0.2) is 38.7 Å². The molecule has 0 saturated carbocycles. The van der Waals surface area contributed by atoms with Crippen molar-refractivity contribution in [1.29, 1.82) is 0 Å². The van der Waals surface area contributed by atoms with Gasteiger partial charge in [0.05, 0.1) is 25.3 Å². The minimum absolute atomic E-state index is 0. The lowest BCUT2D eigenvalue weighted by Gasteiger charge is -2.15. The molecule has 6 aromatic rings. The van der Waals surface area contributed by atoms with E-state index in [1.165, 1.54) is 34.4 Å². The van der Waals surface area contributed by atoms with Crippen LogP contribution in [0.25, 0.3) is 32.8 Å². The van der Waals surface area contributed by atoms with Gasteiger partial charge in [0.15, 0.2) is 58.8 Å². The molecule has 6 N–H and O–H groups in total. The molecule has 8 atom stereocenters. The molecule has 2 fully saturated rings. The van der Waals surface area contributed by atoms with Crippen molar-refractivity contribution in [2.45, 2.75) is 64.1 Å². The molecule has 58 heavy (non-hydrogen) atoms. The van der Waals surface area contributed by atoms with Crippen molar-refractivity contribution in [3.8, 4) is 0 Å². The van der Waals surface area contributed by atoms with Gasteiger partial charge in [-0.05, 0) is 29.8 Å². The fourth-order valence-electron chi connectivity index (χ4n) is 6.12. The Morgan fingerprint density at radius 2 is 1.17 bits per heavy atom. The first-order valence-electron chi connectivity index (χ1n) is 16.9. The van der Waals surface area contributed by atoms with Crippen molar-refractivity contribution < 1.29 is 38.1 Å². The highest BCUT2D eigenvalue weighted by Crippen LogP contribution is 2.35. The molecule has 2 amide bonds. The number of nitrogens with zero attached hydrogens (tertiary/aromatic N) is 11. The molecule has 0 bridgehead atoms. The van der Waals surface area contributed by atoms with Crippen LogP contribution < -0.4 is 16.4 Å². The lowest BCUT2D eigenvalue weighted by atomic mass is 10.1. The number of fused-ring (bicyclic) bond motifs is 2. The number of aliphatic hydroxyl groups is 2. The smallest absolute Gasteiger partial charge is 0.256 e. The van der Waals surface area contributed by atoms with Crippen LogP contribution in [-0.4, -0.2) is 111 Å². The summed E-state index contributed by atoms with van der Waals surface area (Å²) in [5, 5.41) is 28.6. The molecule has 4 aromatic heterocycles. The van der Waals surface area contributed by atoms with E-state index in [-0.39, 0.29) is 73.7 Å². The molecule has 0 aliphatic carbocycles. The van der Waals surface area contributed by atoms with Crippen molar-refractivity contribution in [1.82, 2.24) is 39.0 Å². The average molecular weight is 803 g/mol. The number of azide groups is 1. The van der Waals surface area contributed by atoms with Gasteiger partial charge >= 0.3 is 0 Å². The number of imidazole rings is 2. The number of aliphatic hydroxyl groups excluding tert-OH is 2. The Labute approximate surface area is 328 Å². The van der Waals surface area contributed by atoms with Gasteiger partial charge in [-0.3, -0.25) is 18.7 Å². The zero-order chi connectivity index (χ0) is 39.3. The van der Waals surface area contributed by atoms with Gasteiger partial charge in [-0.15, -0.1) is 0 Å². The molecule has 2 aromatic carbocycles. The number of halogens is 2. The Bertz CT molecular complexity index is 2380. The number of benzene rings is 2. The number of anilines is 2. The average Bonchev–Trinajstić information content (AvgIpc) is 3.99. The van der Waals surface area contributed by atoms with E-state index in [2.05, 4.69) is 50.6 Å². The third kappa shape index (κ3) is 8.41. The van der Waals surface area contributed by atoms with Crippen LogP contribution in [0.15, 0.2) is 91.1 Å². The van der Waals surface area contributed by atoms with E-state index in [0.717, 1.165) is 0 Å². The van der Waals surface area contributed by atoms with Crippen molar-refractivity contribution in [2.75, 3.05) is 23.7 Å². The lowest BCUT2D eigenvalue weighted by molar-refractivity contribution is -0.0180. The SMILES string of the molecule is C.C.NC[C@H]1O[C@@H](n2cnc3c(NC(=O)c4ccccc4)ncnc32)[C@H](F)[C@@H]1O.[N-]=[N+]=NC[C@H]1O[C@@H](n2cnc3c(NC(=O)c4ccccc4)ncnc32)[C@H](F)[C@@H]1O. The Morgan fingerprint density at radius 3 is 1.59 bits per heavy atom. The van der Waals surface area contributed by atoms with Crippen LogP contribution >= 0.6 is 0 Å². The largest absolute Gasteiger partial charge is 0.387 e. The number of amides is 2. The minimum atomic E-state index is -1.79. The standard InChI is InChI=1S/C17H15FN8O3.C17H17FN6O3.2CH4/c18-11-13(27)10(6-23-25-19)29-17(11)26-8-22-12-14(20-7-21-15(12)26)24-16(28)9-4-2-1-3-5-9;18-11-13(25)10(6-19)27-17(11)24-8-22-12-14(20-7-21-15(12)24)23-16(26)9-4-2-1-3-5-9;;/h1-5,7-8,10-11,13,17,27H,6H2,(H,20,21,24,28);1-5,7-8,10-11,13,17,25H,6,19H2,(H,20,21,23,26);2*1H4/t2*10-,11-,13-,17-;;/m11../s1. The first kappa shape index (κ1) is 42.6. The predicted molar refractivity (Wildman–Crippen MR) is 206 cm³/mol. The number of hydrogen-bond acceptors (Lipinski definition) is 14. The molecule has 0 spiro atoms. The Morgan fingerprint density at radius 1 is 0.741 bits per heavy atom. The van der Waals surface area contributed by atoms with Gasteiger partial charge in [0.25, 0.3) is 11.8 Å². The van der Waals surface area contributed by atoms with E-state index in [1.54, 1.807) is 60.7 Å². The fourth-order valence-corrected chi connectivity index (χ4v) is 6.12. The number of nitrogens with two attached hydrogens (primary N) is 1. The van der Waals surface area contributed by atoms with E-state index < -0.39 is 49.2 Å². The highest BCUT2D eigenvalue weighted by molar-refractivity contribution is 6.07. The Kier molecular flexibility index (Phi) is 13.7. The van der Waals surface area contributed by atoms with Crippen LogP contribution in [0.4, 0.5) is 20.4 Å². The Balaban J connectivity index is 0.000000214. The van der Waals surface area contributed by atoms with Gasteiger partial charge in [0.2, 0.25) is 0 Å². The number of alkyl halides is 2. The molecule has 0 unspecified atom stereocenters. The second-order valence-electron chi connectivity index (χ2n) is 12.4. The zero-order valence-corrected chi connectivity index (χ0v) is 28.9. The number of hydrogen-bond donors (Lipinski definition) is 5. The summed E-state index contributed by atoms with van der Waals surface area (Å²) in [5.74, 6) is -0.395. The van der Waals surface area contributed by atoms with E-state index >= 15 is 0 Å². The first-order chi connectivity index (χ1) is 27.2. The van der Waals surface area contributed by atoms with Gasteiger partial charge in [-0.2, -0.15) is 0 Å². The lowest BCUT2D eigenvalue weighted by Crippen LogP contribution is -2.33. The van der Waals surface area contributed by atoms with E-state index in [4.69, 9.17) is 20.7 Å². The van der Waals surface area contributed by atoms with Crippen LogP contribution in [-0.2, 0) is 9.47 Å². The van der Waals surface area contributed by atoms with Crippen LogP contribution in [0, 0.1) is 0 Å². The number of rotatable bonds is 9. The van der Waals surface area contributed by atoms with Crippen molar-refractivity contribution in [3.05, 3.63) is 108 Å². The van der Waals surface area contributed by atoms with Crippen molar-refractivity contribution in [2.24, 2.45) is 10.8 Å². The van der Waals surface area contributed by atoms with Crippen molar-refractivity contribution in [3.63, 3.8) is 0 Å². The summed E-state index contributed by atoms with van der Waals surface area (Å²) in [5.41, 5.74) is 15.8. The molecule has 2 aliphatic rings. The normalized spacial score (nSPS) is 23.5. The van der Waals surface area contributed by atoms with Crippen LogP contribution in [0.5, 0.6) is 0 Å². The summed E-state index contributed by atoms with van der Waals surface area (Å²) >= 11 is 0. The molecule has 0 radical (unpaired) electrons. The molecular formula is C36H40F2N14O6. The third-order valence-corrected chi connectivity index (χ3v) is 8.95. The molecular weight excluding hydrogens is 762 g/mol. The van der Waals surface area contributed by atoms with E-state index in [9.17, 15) is 28.6 Å². The molecule has 22 heteroatoms. The number of carbonyl (C=O) groups is 2. The summed E-state index contributed by atoms with van der Waals surface area (Å²) in [6.45, 7) is -0.229. The summed E-state index contributed by atoms with van der Waals surface area (Å²) in [6.07, 6.45) is -5.37. The molecule has 2 saturated heterocycles. The predicted octanol–water partition coefficient (Wildman–Crippen LogP) is 3.89. The van der Waals surface area contributed by atoms with Gasteiger partial charge in [-0.1, -0.05) is 56.4 Å². The van der Waals surface area contributed by atoms with E-state index in [0.29, 0.717) is 11.1 Å². The molecule has 20 nitrogen and oxygen atoms in total. The molecule has 304 valence electrons. The maximum atomic E-state index is 14.6. The van der Waals surface area contributed by atoms with Gasteiger partial charge in [0, 0.05) is 22.6 Å². The Hall–Kier alpha value is -6.55. The van der Waals surface area contributed by atoms with Crippen LogP contribution in [0.3, 0.4) is 0 Å². The van der Waals surface area contributed by atoms with E-state index in [1.807, 2.05) is 0 Å². The van der Waals surface area contributed by atoms with Crippen LogP contribution in [0.1, 0.15) is 48.0 Å². The quantitative estimate of drug-likeness (QED) is 0.0789. The first-order valence-corrected chi connectivity index (χ1v) is 16.9. The number of aromatic nitrogens is 8. The third-order valence-electron chi connectivity index (χ3n) is 8.95. The second-order valence-corrected chi connectivity index (χ2v) is 12.4. The maximum Gasteiger partial charge on any atom is 0.256 e. The highest BCUT2D eigenvalue weighted by Gasteiger charge is 2.46. The topological polar surface area (TPSA) is 279 Å². The van der Waals surface area contributed by atoms with Crippen LogP contribution in [0.2, 0.25) is 0 Å². The summed E-state index contributed by atoms with van der Waals surface area (Å²) < 4.78 is 42.7. The number of nitrogens with one attached hydrogen (secondary N) is 2. The second kappa shape index (κ2) is 18.6. The molecule has 6 heterocycles. The monoisotopic (exact) mass is 802 g/mol. The summed E-state index contributed by atoms with van der Waals surface area (Å²) in [4.78, 5) is 52.0. The van der Waals surface area contributed by atoms with Gasteiger partial charge in [0.1, 0.15) is 31.0 Å². The van der Waals surface area contributed by atoms with Gasteiger partial charge < -0.3 is 36.1 Å². The zero-order valence-electron chi connectivity index (χ0n) is 28.9. The number of ether oxygens (including phenoxy) is 2. The summed E-state index contributed by atoms with van der Waals surface area (Å²) in [7, 11) is 0. The van der Waals surface area contributed by atoms with Crippen molar-refractivity contribution >= 4 is 45.8 Å². The molecule has 8 rings (SSSR count). The minimum Gasteiger partial charge on any atom is -0.387 e. The fraction of sp³-hybridized carbons (Fsp3) is 0.333. The highest BCUT2D eigenvalue weighted by atomic mass is 19.1. The summed E-state index contributed by atoms with van der Waals surface area (Å²) in [6, 6.07) is 17.2. The maximum absolute atomic E-state index is 14.6. The number of carbonyl (C=O) groups excluding carboxylic acids is 2.